The summed E-state index contributed by atoms with van der Waals surface area (Å²) in [4.78, 5) is 13.7. The number of rotatable bonds is 2. The van der Waals surface area contributed by atoms with Crippen LogP contribution in [0.25, 0.3) is 5.57 Å². The topological polar surface area (TPSA) is 46.3 Å². The molecule has 1 aromatic rings. The number of carbonyl (C=O) groups is 1. The van der Waals surface area contributed by atoms with Gasteiger partial charge in [-0.05, 0) is 36.6 Å². The van der Waals surface area contributed by atoms with Gasteiger partial charge in [-0.25, -0.2) is 4.39 Å². The van der Waals surface area contributed by atoms with Crippen LogP contribution in [-0.4, -0.2) is 29.9 Å². The van der Waals surface area contributed by atoms with Crippen LogP contribution in [0.3, 0.4) is 0 Å². The number of carbonyl (C=O) groups excluding carboxylic acids is 1. The van der Waals surface area contributed by atoms with E-state index in [-0.39, 0.29) is 17.8 Å². The number of likely N-dealkylation sites (tertiary alicyclic amines) is 1. The molecule has 18 heavy (non-hydrogen) atoms. The molecule has 96 valence electrons. The van der Waals surface area contributed by atoms with Gasteiger partial charge in [-0.1, -0.05) is 12.1 Å². The molecule has 1 amide bonds. The van der Waals surface area contributed by atoms with Crippen molar-refractivity contribution in [3.8, 4) is 0 Å². The molecule has 0 aliphatic carbocycles. The van der Waals surface area contributed by atoms with Gasteiger partial charge in [0.25, 0.3) is 0 Å². The van der Waals surface area contributed by atoms with Crippen molar-refractivity contribution >= 4 is 11.5 Å². The second-order valence-corrected chi connectivity index (χ2v) is 4.67. The van der Waals surface area contributed by atoms with Crippen LogP contribution in [0.4, 0.5) is 4.39 Å². The molecule has 0 saturated carbocycles. The van der Waals surface area contributed by atoms with Crippen molar-refractivity contribution in [2.75, 3.05) is 13.1 Å². The normalized spacial score (nSPS) is 20.3. The Morgan fingerprint density at radius 1 is 1.44 bits per heavy atom. The second kappa shape index (κ2) is 5.31. The molecule has 1 heterocycles. The summed E-state index contributed by atoms with van der Waals surface area (Å²) >= 11 is 0. The molecule has 0 bridgehead atoms. The third-order valence-corrected chi connectivity index (χ3v) is 3.18. The minimum Gasteiger partial charge on any atom is -0.338 e. The summed E-state index contributed by atoms with van der Waals surface area (Å²) in [7, 11) is 0. The van der Waals surface area contributed by atoms with Gasteiger partial charge in [0.15, 0.2) is 0 Å². The van der Waals surface area contributed by atoms with Gasteiger partial charge in [0.05, 0.1) is 0 Å². The molecule has 3 nitrogen and oxygen atoms in total. The van der Waals surface area contributed by atoms with Crippen molar-refractivity contribution in [2.45, 2.75) is 19.4 Å². The number of amides is 1. The first-order valence-corrected chi connectivity index (χ1v) is 6.05. The lowest BCUT2D eigenvalue weighted by molar-refractivity contribution is -0.125. The van der Waals surface area contributed by atoms with Gasteiger partial charge in [0.1, 0.15) is 5.82 Å². The fourth-order valence-corrected chi connectivity index (χ4v) is 2.06. The standard InChI is InChI=1S/C14H17FN2O/c1-10(11-2-4-12(15)5-3-11)8-14(18)17-7-6-13(16)9-17/h2-5,8,13H,6-7,9,16H2,1H3/t13-/m1/s1. The van der Waals surface area contributed by atoms with Gasteiger partial charge < -0.3 is 10.6 Å². The van der Waals surface area contributed by atoms with Crippen LogP contribution in [0.2, 0.25) is 0 Å². The quantitative estimate of drug-likeness (QED) is 0.811. The molecule has 2 rings (SSSR count). The molecule has 1 atom stereocenters. The third-order valence-electron chi connectivity index (χ3n) is 3.18. The molecule has 4 heteroatoms. The zero-order valence-electron chi connectivity index (χ0n) is 10.4. The largest absolute Gasteiger partial charge is 0.338 e. The van der Waals surface area contributed by atoms with Gasteiger partial charge >= 0.3 is 0 Å². The molecule has 1 saturated heterocycles. The number of hydrogen-bond donors (Lipinski definition) is 1. The van der Waals surface area contributed by atoms with Crippen LogP contribution in [-0.2, 0) is 4.79 Å². The van der Waals surface area contributed by atoms with E-state index in [1.165, 1.54) is 12.1 Å². The molecule has 0 radical (unpaired) electrons. The Hall–Kier alpha value is -1.68. The lowest BCUT2D eigenvalue weighted by Gasteiger charge is -2.13. The first kappa shape index (κ1) is 12.8. The first-order chi connectivity index (χ1) is 8.56. The molecule has 1 aliphatic rings. The van der Waals surface area contributed by atoms with Crippen LogP contribution in [0.1, 0.15) is 18.9 Å². The minimum atomic E-state index is -0.275. The highest BCUT2D eigenvalue weighted by Crippen LogP contribution is 2.16. The Morgan fingerprint density at radius 2 is 2.11 bits per heavy atom. The van der Waals surface area contributed by atoms with Gasteiger partial charge in [-0.3, -0.25) is 4.79 Å². The summed E-state index contributed by atoms with van der Waals surface area (Å²) in [5.41, 5.74) is 7.45. The maximum atomic E-state index is 12.8. The molecular weight excluding hydrogens is 231 g/mol. The number of nitrogens with zero attached hydrogens (tertiary/aromatic N) is 1. The number of nitrogens with two attached hydrogens (primary N) is 1. The summed E-state index contributed by atoms with van der Waals surface area (Å²) in [6, 6.07) is 6.22. The van der Waals surface area contributed by atoms with Crippen molar-refractivity contribution in [3.63, 3.8) is 0 Å². The fourth-order valence-electron chi connectivity index (χ4n) is 2.06. The molecule has 0 aromatic heterocycles. The third kappa shape index (κ3) is 2.96. The Bertz CT molecular complexity index is 467. The maximum Gasteiger partial charge on any atom is 0.246 e. The molecular formula is C14H17FN2O. The summed E-state index contributed by atoms with van der Waals surface area (Å²) in [5.74, 6) is -0.298. The van der Waals surface area contributed by atoms with Crippen LogP contribution in [0.5, 0.6) is 0 Å². The predicted molar refractivity (Wildman–Crippen MR) is 69.2 cm³/mol. The number of halogens is 1. The van der Waals surface area contributed by atoms with E-state index in [1.54, 1.807) is 23.1 Å². The second-order valence-electron chi connectivity index (χ2n) is 4.67. The Labute approximate surface area is 106 Å². The first-order valence-electron chi connectivity index (χ1n) is 6.05. The highest BCUT2D eigenvalue weighted by atomic mass is 19.1. The lowest BCUT2D eigenvalue weighted by atomic mass is 10.1. The summed E-state index contributed by atoms with van der Waals surface area (Å²) in [6.07, 6.45) is 2.44. The van der Waals surface area contributed by atoms with Gasteiger partial charge in [-0.15, -0.1) is 0 Å². The van der Waals surface area contributed by atoms with Crippen LogP contribution in [0.15, 0.2) is 30.3 Å². The van der Waals surface area contributed by atoms with Gasteiger partial charge in [0.2, 0.25) is 5.91 Å². The zero-order chi connectivity index (χ0) is 13.1. The summed E-state index contributed by atoms with van der Waals surface area (Å²) in [5, 5.41) is 0. The van der Waals surface area contributed by atoms with Crippen molar-refractivity contribution < 1.29 is 9.18 Å². The maximum absolute atomic E-state index is 12.8. The molecule has 2 N–H and O–H groups in total. The van der Waals surface area contributed by atoms with Crippen molar-refractivity contribution in [2.24, 2.45) is 5.73 Å². The molecule has 1 aliphatic heterocycles. The SMILES string of the molecule is CC(=CC(=O)N1CC[C@@H](N)C1)c1ccc(F)cc1. The predicted octanol–water partition coefficient (Wildman–Crippen LogP) is 1.79. The van der Waals surface area contributed by atoms with E-state index in [0.29, 0.717) is 13.1 Å². The van der Waals surface area contributed by atoms with Crippen LogP contribution in [0, 0.1) is 5.82 Å². The zero-order valence-corrected chi connectivity index (χ0v) is 10.4. The van der Waals surface area contributed by atoms with Crippen LogP contribution < -0.4 is 5.73 Å². The lowest BCUT2D eigenvalue weighted by Crippen LogP contribution is -2.30. The van der Waals surface area contributed by atoms with E-state index in [0.717, 1.165) is 17.6 Å². The number of hydrogen-bond acceptors (Lipinski definition) is 2. The van der Waals surface area contributed by atoms with Crippen molar-refractivity contribution in [1.29, 1.82) is 0 Å². The number of benzene rings is 1. The van der Waals surface area contributed by atoms with Gasteiger partial charge in [0, 0.05) is 25.2 Å². The van der Waals surface area contributed by atoms with Crippen molar-refractivity contribution in [3.05, 3.63) is 41.7 Å². The highest BCUT2D eigenvalue weighted by Gasteiger charge is 2.22. The van der Waals surface area contributed by atoms with E-state index in [1.807, 2.05) is 6.92 Å². The van der Waals surface area contributed by atoms with E-state index in [2.05, 4.69) is 0 Å². The monoisotopic (exact) mass is 248 g/mol. The molecule has 0 unspecified atom stereocenters. The molecule has 1 aromatic carbocycles. The van der Waals surface area contributed by atoms with Gasteiger partial charge in [-0.2, -0.15) is 0 Å². The Morgan fingerprint density at radius 3 is 2.67 bits per heavy atom. The van der Waals surface area contributed by atoms with E-state index in [4.69, 9.17) is 5.73 Å². The minimum absolute atomic E-state index is 0.0234. The molecule has 0 spiro atoms. The average molecular weight is 248 g/mol. The molecule has 1 fully saturated rings. The Kier molecular flexibility index (Phi) is 3.77. The van der Waals surface area contributed by atoms with E-state index in [9.17, 15) is 9.18 Å². The summed E-state index contributed by atoms with van der Waals surface area (Å²) in [6.45, 7) is 3.18. The number of allylic oxidation sites excluding steroid dienone is 1. The average Bonchev–Trinajstić information content (AvgIpc) is 2.76. The van der Waals surface area contributed by atoms with Crippen molar-refractivity contribution in [1.82, 2.24) is 4.90 Å². The Balaban J connectivity index is 2.08. The van der Waals surface area contributed by atoms with E-state index >= 15 is 0 Å². The summed E-state index contributed by atoms with van der Waals surface area (Å²) < 4.78 is 12.8. The fraction of sp³-hybridized carbons (Fsp3) is 0.357. The highest BCUT2D eigenvalue weighted by molar-refractivity contribution is 5.95. The smallest absolute Gasteiger partial charge is 0.246 e. The van der Waals surface area contributed by atoms with E-state index < -0.39 is 0 Å². The van der Waals surface area contributed by atoms with Crippen LogP contribution >= 0.6 is 0 Å².